The number of carbonyl (C=O) groups is 4. The number of rotatable bonds is 17. The van der Waals surface area contributed by atoms with Crippen molar-refractivity contribution in [2.24, 2.45) is 46.6 Å². The van der Waals surface area contributed by atoms with Gasteiger partial charge in [0.05, 0.1) is 60.3 Å². The van der Waals surface area contributed by atoms with Crippen LogP contribution in [-0.2, 0) is 77.9 Å². The molecule has 5 N–H and O–H groups in total. The Kier molecular flexibility index (Phi) is 24.1. The highest BCUT2D eigenvalue weighted by molar-refractivity contribution is 5.91. The number of alkyl carbamates (subject to hydrolysis) is 1. The van der Waals surface area contributed by atoms with E-state index in [0.29, 0.717) is 0 Å². The van der Waals surface area contributed by atoms with Crippen molar-refractivity contribution in [3.05, 3.63) is 35.9 Å². The number of hydrogen-bond acceptors (Lipinski definition) is 21. The summed E-state index contributed by atoms with van der Waals surface area (Å²) in [5.74, 6) is -8.11. The topological polar surface area (TPSA) is 284 Å². The van der Waals surface area contributed by atoms with Gasteiger partial charge in [0.25, 0.3) is 0 Å². The highest BCUT2D eigenvalue weighted by atomic mass is 16.7. The molecule has 22 heteroatoms. The summed E-state index contributed by atoms with van der Waals surface area (Å²) in [4.78, 5) is 64.3. The molecule has 0 radical (unpaired) electrons. The van der Waals surface area contributed by atoms with Crippen molar-refractivity contribution in [2.45, 2.75) is 226 Å². The molecule has 0 bridgehead atoms. The van der Waals surface area contributed by atoms with Gasteiger partial charge in [-0.1, -0.05) is 84.0 Å². The Labute approximate surface area is 466 Å². The largest absolute Gasteiger partial charge is 0.461 e. The van der Waals surface area contributed by atoms with Crippen LogP contribution in [0.5, 0.6) is 0 Å². The number of benzene rings is 1. The number of aliphatic hydroxyl groups is 4. The molecule has 1 aromatic rings. The third-order valence-corrected chi connectivity index (χ3v) is 16.0. The van der Waals surface area contributed by atoms with E-state index in [-0.39, 0.29) is 50.5 Å². The Morgan fingerprint density at radius 2 is 1.44 bits per heavy atom. The fraction of sp³-hybridized carbons (Fsp3) is 0.807. The summed E-state index contributed by atoms with van der Waals surface area (Å²) < 4.78 is 69.3. The van der Waals surface area contributed by atoms with E-state index in [1.807, 2.05) is 44.2 Å². The molecular weight excluding hydrogens is 1030 g/mol. The molecule has 5 rings (SSSR count). The van der Waals surface area contributed by atoms with Crippen LogP contribution < -0.4 is 5.32 Å². The van der Waals surface area contributed by atoms with Gasteiger partial charge in [0, 0.05) is 57.8 Å². The molecule has 4 aliphatic rings. The molecule has 0 spiro atoms. The van der Waals surface area contributed by atoms with Crippen molar-refractivity contribution >= 4 is 29.5 Å². The molecule has 450 valence electrons. The van der Waals surface area contributed by atoms with E-state index in [4.69, 9.17) is 56.9 Å². The number of carbonyl (C=O) groups excluding carboxylic acids is 4. The summed E-state index contributed by atoms with van der Waals surface area (Å²) in [7, 11) is 4.21. The molecule has 0 saturated carbocycles. The van der Waals surface area contributed by atoms with Crippen LogP contribution in [0.2, 0.25) is 0 Å². The van der Waals surface area contributed by atoms with Gasteiger partial charge in [0.2, 0.25) is 0 Å². The van der Waals surface area contributed by atoms with E-state index in [9.17, 15) is 30.0 Å². The molecule has 4 fully saturated rings. The number of nitrogens with zero attached hydrogens (tertiary/aromatic N) is 1. The van der Waals surface area contributed by atoms with E-state index in [1.165, 1.54) is 35.2 Å². The normalized spacial score (nSPS) is 40.9. The smallest absolute Gasteiger partial charge is 0.408 e. The van der Waals surface area contributed by atoms with Gasteiger partial charge in [-0.2, -0.15) is 0 Å². The van der Waals surface area contributed by atoms with Gasteiger partial charge in [0.15, 0.2) is 30.3 Å². The van der Waals surface area contributed by atoms with Gasteiger partial charge in [-0.05, 0) is 65.4 Å². The number of amides is 1. The van der Waals surface area contributed by atoms with Gasteiger partial charge < -0.3 is 82.7 Å². The van der Waals surface area contributed by atoms with Crippen molar-refractivity contribution in [3.8, 4) is 0 Å². The number of nitrogens with one attached hydrogen (secondary N) is 1. The number of oxime groups is 1. The van der Waals surface area contributed by atoms with Crippen LogP contribution in [0, 0.1) is 41.4 Å². The van der Waals surface area contributed by atoms with Crippen molar-refractivity contribution in [1.29, 1.82) is 0 Å². The molecule has 0 aromatic heterocycles. The molecule has 0 aliphatic carbocycles. The Hall–Kier alpha value is -3.91. The molecule has 4 heterocycles. The summed E-state index contributed by atoms with van der Waals surface area (Å²) in [6.45, 7) is 21.7. The second kappa shape index (κ2) is 28.9. The standard InChI is InChI=1S/C57H92N2O20/c1-28(2)22-40(60)75-46-33(7)45(30(4)27-71-54-49(69-15)48(68-14)42(61)36(10)74-54)77-52(65)35(9)47(76-41-25-56(12,67)51(64)37(11)73-41)32(6)44(78-53-43(62)39(59-70-16)23-31(5)72-53)29(3)24-57(13,50(63)34(46)8)79-55(66)58-26-38-20-18-17-19-21-38/h17-21,28-37,41-49,51,53-54,61-62,64,67H,22-27H2,1-16H3,(H,58,66)/t29?,30?,31-,32?,33?,34?,35?,36-,37+,41+,42-,43-,44?,45?,46?,47?,48-,49-,51+,53+,54-,56-,57?/m1/s1. The minimum absolute atomic E-state index is 0.0225. The van der Waals surface area contributed by atoms with Gasteiger partial charge in [-0.3, -0.25) is 14.4 Å². The number of methoxy groups -OCH3 is 2. The highest BCUT2D eigenvalue weighted by Gasteiger charge is 2.53. The van der Waals surface area contributed by atoms with E-state index < -0.39 is 163 Å². The van der Waals surface area contributed by atoms with Gasteiger partial charge in [0.1, 0.15) is 49.8 Å². The number of ketones is 1. The number of esters is 2. The first-order valence-corrected chi connectivity index (χ1v) is 27.8. The Morgan fingerprint density at radius 3 is 2.05 bits per heavy atom. The molecule has 79 heavy (non-hydrogen) atoms. The van der Waals surface area contributed by atoms with Crippen molar-refractivity contribution in [2.75, 3.05) is 27.9 Å². The maximum atomic E-state index is 15.8. The zero-order valence-corrected chi connectivity index (χ0v) is 49.1. The summed E-state index contributed by atoms with van der Waals surface area (Å²) >= 11 is 0. The lowest BCUT2D eigenvalue weighted by Gasteiger charge is -2.46. The monoisotopic (exact) mass is 1120 g/mol. The quantitative estimate of drug-likeness (QED) is 0.0779. The van der Waals surface area contributed by atoms with Gasteiger partial charge in [-0.25, -0.2) is 4.79 Å². The Balaban J connectivity index is 1.70. The zero-order chi connectivity index (χ0) is 58.8. The molecule has 22 nitrogen and oxygen atoms in total. The first-order chi connectivity index (χ1) is 37.1. The zero-order valence-electron chi connectivity index (χ0n) is 49.1. The molecule has 11 unspecified atom stereocenters. The van der Waals surface area contributed by atoms with E-state index >= 15 is 9.59 Å². The lowest BCUT2D eigenvalue weighted by molar-refractivity contribution is -0.305. The van der Waals surface area contributed by atoms with Crippen LogP contribution in [0.25, 0.3) is 0 Å². The predicted molar refractivity (Wildman–Crippen MR) is 285 cm³/mol. The fourth-order valence-electron chi connectivity index (χ4n) is 11.7. The Morgan fingerprint density at radius 1 is 0.785 bits per heavy atom. The first-order valence-electron chi connectivity index (χ1n) is 27.8. The van der Waals surface area contributed by atoms with Crippen molar-refractivity contribution < 1.29 is 96.5 Å². The van der Waals surface area contributed by atoms with Crippen LogP contribution in [0.1, 0.15) is 121 Å². The number of Topliss-reactive ketones (excluding diaryl/α,β-unsaturated/α-hetero) is 1. The molecule has 4 aliphatic heterocycles. The molecule has 1 aromatic carbocycles. The van der Waals surface area contributed by atoms with Crippen molar-refractivity contribution in [3.63, 3.8) is 0 Å². The lowest BCUT2D eigenvalue weighted by Crippen LogP contribution is -2.59. The third kappa shape index (κ3) is 16.6. The average Bonchev–Trinajstić information content (AvgIpc) is 3.42. The van der Waals surface area contributed by atoms with Gasteiger partial charge in [-0.15, -0.1) is 0 Å². The summed E-state index contributed by atoms with van der Waals surface area (Å²) in [5, 5.41) is 51.9. The van der Waals surface area contributed by atoms with Crippen LogP contribution in [0.4, 0.5) is 4.79 Å². The SMILES string of the molecule is CON=C1C[C@@H](C)O[C@@H](OC2C(C)CC(C)(OC(=O)NCc3ccccc3)C(=O)C(C)C(OC(=O)CC(C)C)C(C)C(C(C)CO[C@@H]3O[C@H](C)[C@@H](O)[C@@H](OC)[C@H]3OC)OC(=O)C(C)C(O[C@H]3C[C@@](C)(O)[C@@H](O)[C@H](C)O3)C2C)[C@@H]1O. The molecule has 1 amide bonds. The maximum absolute atomic E-state index is 15.8. The number of aliphatic hydroxyl groups excluding tert-OH is 3. The van der Waals surface area contributed by atoms with E-state index in [0.717, 1.165) is 5.56 Å². The van der Waals surface area contributed by atoms with Crippen LogP contribution in [0.3, 0.4) is 0 Å². The lowest BCUT2D eigenvalue weighted by atomic mass is 9.74. The predicted octanol–water partition coefficient (Wildman–Crippen LogP) is 5.00. The second-order valence-corrected chi connectivity index (χ2v) is 23.4. The minimum Gasteiger partial charge on any atom is -0.461 e. The highest BCUT2D eigenvalue weighted by Crippen LogP contribution is 2.41. The van der Waals surface area contributed by atoms with E-state index in [2.05, 4.69) is 10.5 Å². The molecule has 23 atom stereocenters. The summed E-state index contributed by atoms with van der Waals surface area (Å²) in [5.41, 5.74) is -2.70. The minimum atomic E-state index is -2.01. The number of ether oxygens (including phenoxy) is 11. The average molecular weight is 1130 g/mol. The molecule has 4 saturated heterocycles. The Bertz CT molecular complexity index is 2150. The summed E-state index contributed by atoms with van der Waals surface area (Å²) in [6.07, 6.45) is -17.4. The van der Waals surface area contributed by atoms with Crippen LogP contribution in [0.15, 0.2) is 35.5 Å². The van der Waals surface area contributed by atoms with Gasteiger partial charge >= 0.3 is 18.0 Å². The van der Waals surface area contributed by atoms with Crippen molar-refractivity contribution in [1.82, 2.24) is 5.32 Å². The number of hydrogen-bond donors (Lipinski definition) is 5. The third-order valence-electron chi connectivity index (χ3n) is 16.0. The van der Waals surface area contributed by atoms with E-state index in [1.54, 1.807) is 62.3 Å². The number of cyclic esters (lactones) is 1. The summed E-state index contributed by atoms with van der Waals surface area (Å²) in [6, 6.07) is 9.12. The van der Waals surface area contributed by atoms with Crippen LogP contribution in [-0.4, -0.2) is 181 Å². The second-order valence-electron chi connectivity index (χ2n) is 23.4. The first kappa shape index (κ1) is 65.9. The maximum Gasteiger partial charge on any atom is 0.408 e. The fourth-order valence-corrected chi connectivity index (χ4v) is 11.7. The molecular formula is C57H92N2O20. The van der Waals surface area contributed by atoms with Crippen LogP contribution >= 0.6 is 0 Å².